The van der Waals surface area contributed by atoms with Gasteiger partial charge in [0.25, 0.3) is 0 Å². The van der Waals surface area contributed by atoms with Gasteiger partial charge in [-0.2, -0.15) is 4.99 Å². The van der Waals surface area contributed by atoms with Crippen LogP contribution in [0.2, 0.25) is 0 Å². The van der Waals surface area contributed by atoms with Crippen LogP contribution in [0.15, 0.2) is 17.4 Å². The number of aryl methyl sites for hydroxylation is 1. The highest BCUT2D eigenvalue weighted by Gasteiger charge is 2.11. The number of fused-ring (bicyclic) bond motifs is 1. The molecule has 0 bridgehead atoms. The minimum atomic E-state index is 0.708. The molecule has 0 unspecified atom stereocenters. The molecule has 0 saturated heterocycles. The SMILES string of the molecule is O=C=Nc1cncc2c1CCCCC2. The summed E-state index contributed by atoms with van der Waals surface area (Å²) in [5, 5.41) is 0. The largest absolute Gasteiger partial charge is 0.262 e. The van der Waals surface area contributed by atoms with Gasteiger partial charge in [-0.1, -0.05) is 6.42 Å². The summed E-state index contributed by atoms with van der Waals surface area (Å²) < 4.78 is 0. The van der Waals surface area contributed by atoms with Gasteiger partial charge in [0.15, 0.2) is 0 Å². The summed E-state index contributed by atoms with van der Waals surface area (Å²) >= 11 is 0. The van der Waals surface area contributed by atoms with Crippen molar-refractivity contribution in [2.24, 2.45) is 4.99 Å². The molecule has 0 amide bonds. The molecule has 1 aliphatic carbocycles. The van der Waals surface area contributed by atoms with Crippen molar-refractivity contribution in [3.05, 3.63) is 23.5 Å². The van der Waals surface area contributed by atoms with Gasteiger partial charge in [-0.15, -0.1) is 0 Å². The Bertz CT molecular complexity index is 381. The standard InChI is InChI=1S/C11H12N2O/c14-8-13-11-7-12-6-9-4-2-1-3-5-10(9)11/h6-7H,1-5H2. The third-order valence-corrected chi connectivity index (χ3v) is 2.66. The van der Waals surface area contributed by atoms with Crippen molar-refractivity contribution in [3.63, 3.8) is 0 Å². The molecule has 1 aliphatic rings. The molecular formula is C11H12N2O. The van der Waals surface area contributed by atoms with Crippen LogP contribution in [0.5, 0.6) is 0 Å². The van der Waals surface area contributed by atoms with E-state index in [-0.39, 0.29) is 0 Å². The minimum absolute atomic E-state index is 0.708. The molecule has 2 rings (SSSR count). The second kappa shape index (κ2) is 4.16. The summed E-state index contributed by atoms with van der Waals surface area (Å²) in [5.41, 5.74) is 3.15. The Balaban J connectivity index is 2.47. The van der Waals surface area contributed by atoms with Gasteiger partial charge in [-0.25, -0.2) is 4.79 Å². The summed E-state index contributed by atoms with van der Waals surface area (Å²) in [5.74, 6) is 0. The average Bonchev–Trinajstić information content (AvgIpc) is 2.44. The summed E-state index contributed by atoms with van der Waals surface area (Å²) in [4.78, 5) is 18.0. The number of rotatable bonds is 1. The van der Waals surface area contributed by atoms with Crippen LogP contribution >= 0.6 is 0 Å². The van der Waals surface area contributed by atoms with Gasteiger partial charge in [-0.05, 0) is 36.8 Å². The van der Waals surface area contributed by atoms with Gasteiger partial charge < -0.3 is 0 Å². The fraction of sp³-hybridized carbons (Fsp3) is 0.455. The van der Waals surface area contributed by atoms with Crippen molar-refractivity contribution in [2.75, 3.05) is 0 Å². The first-order valence-electron chi connectivity index (χ1n) is 4.95. The molecule has 1 heterocycles. The molecule has 0 radical (unpaired) electrons. The van der Waals surface area contributed by atoms with Crippen molar-refractivity contribution >= 4 is 11.8 Å². The molecule has 1 aromatic heterocycles. The highest BCUT2D eigenvalue weighted by molar-refractivity contribution is 5.54. The number of hydrogen-bond acceptors (Lipinski definition) is 3. The van der Waals surface area contributed by atoms with Crippen LogP contribution < -0.4 is 0 Å². The van der Waals surface area contributed by atoms with E-state index in [1.54, 1.807) is 12.3 Å². The van der Waals surface area contributed by atoms with Crippen LogP contribution in [-0.2, 0) is 17.6 Å². The number of isocyanates is 1. The van der Waals surface area contributed by atoms with Gasteiger partial charge in [0.05, 0.1) is 11.9 Å². The molecule has 0 spiro atoms. The van der Waals surface area contributed by atoms with Crippen molar-refractivity contribution in [3.8, 4) is 0 Å². The Morgan fingerprint density at radius 3 is 2.93 bits per heavy atom. The predicted molar refractivity (Wildman–Crippen MR) is 53.3 cm³/mol. The zero-order valence-corrected chi connectivity index (χ0v) is 7.99. The lowest BCUT2D eigenvalue weighted by Crippen LogP contribution is -1.92. The Morgan fingerprint density at radius 1 is 1.21 bits per heavy atom. The van der Waals surface area contributed by atoms with Crippen LogP contribution in [0.3, 0.4) is 0 Å². The lowest BCUT2D eigenvalue weighted by molar-refractivity contribution is 0.565. The lowest BCUT2D eigenvalue weighted by atomic mass is 10.0. The van der Waals surface area contributed by atoms with Crippen molar-refractivity contribution < 1.29 is 4.79 Å². The average molecular weight is 188 g/mol. The minimum Gasteiger partial charge on any atom is -0.262 e. The number of nitrogens with zero attached hydrogens (tertiary/aromatic N) is 2. The quantitative estimate of drug-likeness (QED) is 0.385. The van der Waals surface area contributed by atoms with E-state index < -0.39 is 0 Å². The molecule has 72 valence electrons. The number of aromatic nitrogens is 1. The Hall–Kier alpha value is -1.47. The molecule has 1 aromatic rings. The summed E-state index contributed by atoms with van der Waals surface area (Å²) in [6, 6.07) is 0. The van der Waals surface area contributed by atoms with E-state index in [1.165, 1.54) is 30.4 Å². The fourth-order valence-corrected chi connectivity index (χ4v) is 1.96. The van der Waals surface area contributed by atoms with Crippen LogP contribution in [0, 0.1) is 0 Å². The van der Waals surface area contributed by atoms with Crippen LogP contribution in [0.25, 0.3) is 0 Å². The Kier molecular flexibility index (Phi) is 2.70. The van der Waals surface area contributed by atoms with Crippen molar-refractivity contribution in [1.82, 2.24) is 4.98 Å². The van der Waals surface area contributed by atoms with Gasteiger partial charge in [0.1, 0.15) is 0 Å². The fourth-order valence-electron chi connectivity index (χ4n) is 1.96. The molecule has 0 atom stereocenters. The predicted octanol–water partition coefficient (Wildman–Crippen LogP) is 2.32. The molecular weight excluding hydrogens is 176 g/mol. The molecule has 3 nitrogen and oxygen atoms in total. The maximum Gasteiger partial charge on any atom is 0.240 e. The molecule has 3 heteroatoms. The monoisotopic (exact) mass is 188 g/mol. The number of hydrogen-bond donors (Lipinski definition) is 0. The topological polar surface area (TPSA) is 42.3 Å². The first-order chi connectivity index (χ1) is 6.92. The summed E-state index contributed by atoms with van der Waals surface area (Å²) in [6.07, 6.45) is 10.8. The highest BCUT2D eigenvalue weighted by atomic mass is 16.1. The van der Waals surface area contributed by atoms with Crippen LogP contribution in [-0.4, -0.2) is 11.1 Å². The second-order valence-corrected chi connectivity index (χ2v) is 3.56. The highest BCUT2D eigenvalue weighted by Crippen LogP contribution is 2.27. The molecule has 0 saturated carbocycles. The maximum absolute atomic E-state index is 10.2. The smallest absolute Gasteiger partial charge is 0.240 e. The van der Waals surface area contributed by atoms with E-state index in [4.69, 9.17) is 0 Å². The molecule has 0 N–H and O–H groups in total. The van der Waals surface area contributed by atoms with Crippen molar-refractivity contribution in [1.29, 1.82) is 0 Å². The molecule has 0 aromatic carbocycles. The van der Waals surface area contributed by atoms with Gasteiger partial charge in [0.2, 0.25) is 6.08 Å². The zero-order valence-electron chi connectivity index (χ0n) is 7.99. The number of pyridine rings is 1. The van der Waals surface area contributed by atoms with Crippen LogP contribution in [0.4, 0.5) is 5.69 Å². The van der Waals surface area contributed by atoms with E-state index in [0.29, 0.717) is 5.69 Å². The zero-order chi connectivity index (χ0) is 9.80. The lowest BCUT2D eigenvalue weighted by Gasteiger charge is -2.05. The third-order valence-electron chi connectivity index (χ3n) is 2.66. The third kappa shape index (κ3) is 1.73. The first kappa shape index (κ1) is 9.10. The van der Waals surface area contributed by atoms with Gasteiger partial charge >= 0.3 is 0 Å². The van der Waals surface area contributed by atoms with Crippen molar-refractivity contribution in [2.45, 2.75) is 32.1 Å². The van der Waals surface area contributed by atoms with E-state index >= 15 is 0 Å². The van der Waals surface area contributed by atoms with E-state index in [2.05, 4.69) is 9.98 Å². The number of aliphatic imine (C=N–C) groups is 1. The molecule has 0 aliphatic heterocycles. The maximum atomic E-state index is 10.2. The van der Waals surface area contributed by atoms with E-state index in [1.807, 2.05) is 6.20 Å². The Morgan fingerprint density at radius 2 is 2.07 bits per heavy atom. The van der Waals surface area contributed by atoms with E-state index in [0.717, 1.165) is 12.8 Å². The summed E-state index contributed by atoms with van der Waals surface area (Å²) in [6.45, 7) is 0. The Labute approximate surface area is 82.9 Å². The van der Waals surface area contributed by atoms with Crippen LogP contribution in [0.1, 0.15) is 30.4 Å². The van der Waals surface area contributed by atoms with Gasteiger partial charge in [-0.3, -0.25) is 4.98 Å². The molecule has 0 fully saturated rings. The first-order valence-corrected chi connectivity index (χ1v) is 4.95. The second-order valence-electron chi connectivity index (χ2n) is 3.56. The van der Waals surface area contributed by atoms with E-state index in [9.17, 15) is 4.79 Å². The number of carbonyl (C=O) groups excluding carboxylic acids is 1. The molecule has 14 heavy (non-hydrogen) atoms. The normalized spacial score (nSPS) is 15.1. The summed E-state index contributed by atoms with van der Waals surface area (Å²) in [7, 11) is 0. The van der Waals surface area contributed by atoms with Gasteiger partial charge in [0, 0.05) is 6.20 Å².